The molecule has 2 aromatic carbocycles. The molecule has 0 saturated carbocycles. The van der Waals surface area contributed by atoms with Gasteiger partial charge in [-0.15, -0.1) is 11.6 Å². The van der Waals surface area contributed by atoms with Gasteiger partial charge in [-0.2, -0.15) is 0 Å². The van der Waals surface area contributed by atoms with Crippen molar-refractivity contribution in [3.05, 3.63) is 58.4 Å². The van der Waals surface area contributed by atoms with E-state index in [1.54, 1.807) is 0 Å². The van der Waals surface area contributed by atoms with Crippen LogP contribution >= 0.6 is 23.2 Å². The Morgan fingerprint density at radius 1 is 1.14 bits per heavy atom. The first kappa shape index (κ1) is 14.4. The van der Waals surface area contributed by atoms with Crippen LogP contribution in [-0.2, 0) is 6.42 Å². The average molecular weight is 319 g/mol. The van der Waals surface area contributed by atoms with Crippen molar-refractivity contribution in [3.8, 4) is 5.69 Å². The smallest absolute Gasteiger partial charge is 0.115 e. The predicted molar refractivity (Wildman–Crippen MR) is 90.0 cm³/mol. The minimum atomic E-state index is 0.544. The van der Waals surface area contributed by atoms with Crippen molar-refractivity contribution in [2.24, 2.45) is 0 Å². The molecule has 0 saturated heterocycles. The lowest BCUT2D eigenvalue weighted by Crippen LogP contribution is -2.04. The van der Waals surface area contributed by atoms with Crippen LogP contribution in [0.25, 0.3) is 16.7 Å². The number of benzene rings is 2. The molecule has 0 unspecified atom stereocenters. The van der Waals surface area contributed by atoms with Crippen LogP contribution in [0.15, 0.2) is 36.4 Å². The Kier molecular flexibility index (Phi) is 3.92. The van der Waals surface area contributed by atoms with Crippen LogP contribution in [0.1, 0.15) is 17.0 Å². The zero-order chi connectivity index (χ0) is 15.0. The molecule has 1 aromatic heterocycles. The Hall–Kier alpha value is -1.51. The maximum absolute atomic E-state index is 6.17. The van der Waals surface area contributed by atoms with Crippen LogP contribution in [0.2, 0.25) is 5.02 Å². The van der Waals surface area contributed by atoms with E-state index in [1.165, 1.54) is 11.1 Å². The van der Waals surface area contributed by atoms with Crippen molar-refractivity contribution < 1.29 is 0 Å². The van der Waals surface area contributed by atoms with Crippen molar-refractivity contribution in [2.75, 3.05) is 5.88 Å². The number of hydrogen-bond donors (Lipinski definition) is 0. The maximum Gasteiger partial charge on any atom is 0.115 e. The van der Waals surface area contributed by atoms with Crippen LogP contribution in [0, 0.1) is 13.8 Å². The SMILES string of the molecule is Cc1cccc(-n2c(CCCl)nc3ccc(Cl)cc32)c1C. The van der Waals surface area contributed by atoms with Gasteiger partial charge in [-0.25, -0.2) is 4.98 Å². The Morgan fingerprint density at radius 3 is 2.71 bits per heavy atom. The van der Waals surface area contributed by atoms with E-state index in [0.29, 0.717) is 10.9 Å². The van der Waals surface area contributed by atoms with Gasteiger partial charge in [0.2, 0.25) is 0 Å². The predicted octanol–water partition coefficient (Wildman–Crippen LogP) is 5.08. The monoisotopic (exact) mass is 318 g/mol. The number of fused-ring (bicyclic) bond motifs is 1. The van der Waals surface area contributed by atoms with Crippen LogP contribution in [0.5, 0.6) is 0 Å². The van der Waals surface area contributed by atoms with Gasteiger partial charge in [0.1, 0.15) is 5.82 Å². The van der Waals surface area contributed by atoms with Crippen molar-refractivity contribution in [3.63, 3.8) is 0 Å². The van der Waals surface area contributed by atoms with Crippen molar-refractivity contribution in [1.29, 1.82) is 0 Å². The summed E-state index contributed by atoms with van der Waals surface area (Å²) >= 11 is 12.1. The minimum Gasteiger partial charge on any atom is -0.296 e. The molecule has 0 aliphatic carbocycles. The number of rotatable bonds is 3. The molecule has 0 aliphatic heterocycles. The average Bonchev–Trinajstić information content (AvgIpc) is 2.80. The van der Waals surface area contributed by atoms with Crippen LogP contribution in [0.4, 0.5) is 0 Å². The van der Waals surface area contributed by atoms with Gasteiger partial charge in [-0.05, 0) is 49.2 Å². The highest BCUT2D eigenvalue weighted by Crippen LogP contribution is 2.27. The molecule has 0 fully saturated rings. The Morgan fingerprint density at radius 2 is 1.95 bits per heavy atom. The molecule has 0 spiro atoms. The molecule has 2 nitrogen and oxygen atoms in total. The Balaban J connectivity index is 2.35. The molecule has 0 amide bonds. The van der Waals surface area contributed by atoms with E-state index in [9.17, 15) is 0 Å². The maximum atomic E-state index is 6.17. The highest BCUT2D eigenvalue weighted by Gasteiger charge is 2.14. The van der Waals surface area contributed by atoms with Crippen molar-refractivity contribution in [2.45, 2.75) is 20.3 Å². The van der Waals surface area contributed by atoms with E-state index >= 15 is 0 Å². The van der Waals surface area contributed by atoms with E-state index in [-0.39, 0.29) is 0 Å². The highest BCUT2D eigenvalue weighted by molar-refractivity contribution is 6.31. The molecule has 0 bridgehead atoms. The number of imidazole rings is 1. The fourth-order valence-corrected chi connectivity index (χ4v) is 2.93. The number of alkyl halides is 1. The third kappa shape index (κ3) is 2.54. The first-order valence-corrected chi connectivity index (χ1v) is 7.82. The molecular formula is C17H16Cl2N2. The summed E-state index contributed by atoms with van der Waals surface area (Å²) < 4.78 is 2.17. The third-order valence-corrected chi connectivity index (χ3v) is 4.25. The fraction of sp³-hybridized carbons (Fsp3) is 0.235. The van der Waals surface area contributed by atoms with Gasteiger partial charge < -0.3 is 0 Å². The Bertz CT molecular complexity index is 806. The van der Waals surface area contributed by atoms with Crippen LogP contribution in [-0.4, -0.2) is 15.4 Å². The molecule has 3 rings (SSSR count). The Labute approximate surface area is 134 Å². The number of aryl methyl sites for hydroxylation is 2. The molecule has 0 N–H and O–H groups in total. The normalized spacial score (nSPS) is 11.2. The molecule has 4 heteroatoms. The van der Waals surface area contributed by atoms with Crippen LogP contribution in [0.3, 0.4) is 0 Å². The number of aromatic nitrogens is 2. The van der Waals surface area contributed by atoms with E-state index in [0.717, 1.165) is 29.0 Å². The second kappa shape index (κ2) is 5.70. The summed E-state index contributed by atoms with van der Waals surface area (Å²) in [6, 6.07) is 12.1. The topological polar surface area (TPSA) is 17.8 Å². The summed E-state index contributed by atoms with van der Waals surface area (Å²) in [5, 5.41) is 0.714. The molecule has 0 aliphatic rings. The van der Waals surface area contributed by atoms with Gasteiger partial charge in [-0.3, -0.25) is 4.57 Å². The molecule has 1 heterocycles. The van der Waals surface area contributed by atoms with Gasteiger partial charge in [0.25, 0.3) is 0 Å². The fourth-order valence-electron chi connectivity index (χ4n) is 2.60. The zero-order valence-corrected chi connectivity index (χ0v) is 13.5. The third-order valence-electron chi connectivity index (χ3n) is 3.82. The number of hydrogen-bond acceptors (Lipinski definition) is 1. The van der Waals surface area contributed by atoms with Gasteiger partial charge in [0, 0.05) is 17.3 Å². The minimum absolute atomic E-state index is 0.544. The summed E-state index contributed by atoms with van der Waals surface area (Å²) in [7, 11) is 0. The quantitative estimate of drug-likeness (QED) is 0.616. The lowest BCUT2D eigenvalue weighted by molar-refractivity contribution is 0.905. The summed E-state index contributed by atoms with van der Waals surface area (Å²) in [4.78, 5) is 4.71. The molecular weight excluding hydrogens is 303 g/mol. The largest absolute Gasteiger partial charge is 0.296 e. The standard InChI is InChI=1S/C17H16Cl2N2/c1-11-4-3-5-15(12(11)2)21-16-10-13(19)6-7-14(16)20-17(21)8-9-18/h3-7,10H,8-9H2,1-2H3. The second-order valence-electron chi connectivity index (χ2n) is 5.15. The molecule has 108 valence electrons. The summed E-state index contributed by atoms with van der Waals surface area (Å²) in [5.41, 5.74) is 5.61. The summed E-state index contributed by atoms with van der Waals surface area (Å²) in [6.45, 7) is 4.25. The lowest BCUT2D eigenvalue weighted by atomic mass is 10.1. The second-order valence-corrected chi connectivity index (χ2v) is 5.97. The zero-order valence-electron chi connectivity index (χ0n) is 12.0. The highest BCUT2D eigenvalue weighted by atomic mass is 35.5. The lowest BCUT2D eigenvalue weighted by Gasteiger charge is -2.13. The number of halogens is 2. The van der Waals surface area contributed by atoms with Crippen LogP contribution < -0.4 is 0 Å². The molecule has 3 aromatic rings. The van der Waals surface area contributed by atoms with Crippen molar-refractivity contribution >= 4 is 34.2 Å². The van der Waals surface area contributed by atoms with E-state index in [4.69, 9.17) is 28.2 Å². The molecule has 21 heavy (non-hydrogen) atoms. The molecule has 0 radical (unpaired) electrons. The van der Waals surface area contributed by atoms with Gasteiger partial charge >= 0.3 is 0 Å². The summed E-state index contributed by atoms with van der Waals surface area (Å²) in [5.74, 6) is 1.51. The summed E-state index contributed by atoms with van der Waals surface area (Å²) in [6.07, 6.45) is 0.723. The van der Waals surface area contributed by atoms with Gasteiger partial charge in [-0.1, -0.05) is 23.7 Å². The van der Waals surface area contributed by atoms with E-state index in [2.05, 4.69) is 36.6 Å². The first-order chi connectivity index (χ1) is 10.1. The number of nitrogens with zero attached hydrogens (tertiary/aromatic N) is 2. The van der Waals surface area contributed by atoms with E-state index in [1.807, 2.05) is 18.2 Å². The van der Waals surface area contributed by atoms with Crippen molar-refractivity contribution in [1.82, 2.24) is 9.55 Å². The van der Waals surface area contributed by atoms with E-state index < -0.39 is 0 Å². The first-order valence-electron chi connectivity index (χ1n) is 6.91. The molecule has 0 atom stereocenters. The van der Waals surface area contributed by atoms with Gasteiger partial charge in [0.05, 0.1) is 16.7 Å². The van der Waals surface area contributed by atoms with Gasteiger partial charge in [0.15, 0.2) is 0 Å².